The third-order valence-electron chi connectivity index (χ3n) is 2.88. The van der Waals surface area contributed by atoms with Crippen molar-refractivity contribution in [1.82, 2.24) is 5.32 Å². The quantitative estimate of drug-likeness (QED) is 0.688. The summed E-state index contributed by atoms with van der Waals surface area (Å²) in [7, 11) is 0. The van der Waals surface area contributed by atoms with Crippen molar-refractivity contribution in [2.75, 3.05) is 13.1 Å². The third kappa shape index (κ3) is 2.58. The maximum absolute atomic E-state index is 4.34. The molecule has 1 aliphatic heterocycles. The monoisotopic (exact) mass is 178 g/mol. The van der Waals surface area contributed by atoms with Gasteiger partial charge in [-0.2, -0.15) is 0 Å². The van der Waals surface area contributed by atoms with Gasteiger partial charge in [0.2, 0.25) is 0 Å². The molecule has 0 aromatic carbocycles. The van der Waals surface area contributed by atoms with Crippen LogP contribution in [0.25, 0.3) is 0 Å². The smallest absolute Gasteiger partial charge is 0.120 e. The summed E-state index contributed by atoms with van der Waals surface area (Å²) in [4.78, 5) is 4.34. The average molecular weight is 178 g/mol. The highest BCUT2D eigenvalue weighted by Crippen LogP contribution is 2.24. The van der Waals surface area contributed by atoms with Gasteiger partial charge in [-0.3, -0.25) is 4.99 Å². The zero-order valence-corrected chi connectivity index (χ0v) is 8.13. The van der Waals surface area contributed by atoms with E-state index in [0.29, 0.717) is 0 Å². The second-order valence-electron chi connectivity index (χ2n) is 3.95. The van der Waals surface area contributed by atoms with Gasteiger partial charge in [0.15, 0.2) is 0 Å². The third-order valence-corrected chi connectivity index (χ3v) is 2.88. The van der Waals surface area contributed by atoms with Gasteiger partial charge in [0.05, 0.1) is 6.54 Å². The second kappa shape index (κ2) is 4.45. The number of rotatable bonds is 2. The molecule has 0 unspecified atom stereocenters. The predicted octanol–water partition coefficient (Wildman–Crippen LogP) is 2.12. The summed E-state index contributed by atoms with van der Waals surface area (Å²) in [6.07, 6.45) is 11.5. The Kier molecular flexibility index (Phi) is 3.01. The van der Waals surface area contributed by atoms with Crippen molar-refractivity contribution in [2.45, 2.75) is 32.1 Å². The fourth-order valence-electron chi connectivity index (χ4n) is 2.08. The number of hydrogen-bond donors (Lipinski definition) is 1. The molecular formula is C11H18N2. The van der Waals surface area contributed by atoms with Crippen molar-refractivity contribution in [3.63, 3.8) is 0 Å². The number of allylic oxidation sites excluding steroid dienone is 1. The SMILES string of the molecule is C(=C\C1CCCCC1)/C1=NCCN1. The van der Waals surface area contributed by atoms with Crippen LogP contribution in [0.5, 0.6) is 0 Å². The molecule has 1 heterocycles. The van der Waals surface area contributed by atoms with E-state index in [-0.39, 0.29) is 0 Å². The van der Waals surface area contributed by atoms with Crippen LogP contribution in [0.4, 0.5) is 0 Å². The highest BCUT2D eigenvalue weighted by atomic mass is 15.1. The van der Waals surface area contributed by atoms with Crippen molar-refractivity contribution in [2.24, 2.45) is 10.9 Å². The van der Waals surface area contributed by atoms with E-state index in [1.54, 1.807) is 0 Å². The van der Waals surface area contributed by atoms with E-state index < -0.39 is 0 Å². The van der Waals surface area contributed by atoms with Crippen LogP contribution >= 0.6 is 0 Å². The van der Waals surface area contributed by atoms with Gasteiger partial charge < -0.3 is 5.32 Å². The molecule has 2 heteroatoms. The Labute approximate surface area is 80.1 Å². The molecule has 0 amide bonds. The summed E-state index contributed by atoms with van der Waals surface area (Å²) in [5, 5.41) is 3.26. The Balaban J connectivity index is 1.81. The molecule has 2 aliphatic rings. The molecular weight excluding hydrogens is 160 g/mol. The van der Waals surface area contributed by atoms with E-state index in [1.165, 1.54) is 32.1 Å². The molecule has 2 rings (SSSR count). The molecule has 0 atom stereocenters. The lowest BCUT2D eigenvalue weighted by molar-refractivity contribution is 0.419. The van der Waals surface area contributed by atoms with E-state index in [1.807, 2.05) is 0 Å². The summed E-state index contributed by atoms with van der Waals surface area (Å²) in [5.41, 5.74) is 0. The Morgan fingerprint density at radius 2 is 2.08 bits per heavy atom. The standard InChI is InChI=1S/C11H18N2/c1-2-4-10(5-3-1)6-7-11-12-8-9-13-11/h6-7,10H,1-5,8-9H2,(H,12,13)/b7-6+. The first-order valence-electron chi connectivity index (χ1n) is 5.42. The second-order valence-corrected chi connectivity index (χ2v) is 3.95. The summed E-state index contributed by atoms with van der Waals surface area (Å²) >= 11 is 0. The summed E-state index contributed by atoms with van der Waals surface area (Å²) in [6, 6.07) is 0. The van der Waals surface area contributed by atoms with Crippen LogP contribution in [0.15, 0.2) is 17.1 Å². The van der Waals surface area contributed by atoms with Crippen LogP contribution in [0.2, 0.25) is 0 Å². The fraction of sp³-hybridized carbons (Fsp3) is 0.727. The van der Waals surface area contributed by atoms with Gasteiger partial charge in [0, 0.05) is 6.54 Å². The van der Waals surface area contributed by atoms with Gasteiger partial charge in [-0.1, -0.05) is 25.3 Å². The van der Waals surface area contributed by atoms with Gasteiger partial charge in [0.1, 0.15) is 5.84 Å². The first-order valence-corrected chi connectivity index (χ1v) is 5.42. The molecule has 1 saturated carbocycles. The molecule has 0 spiro atoms. The Bertz CT molecular complexity index is 212. The zero-order valence-electron chi connectivity index (χ0n) is 8.13. The molecule has 1 aliphatic carbocycles. The van der Waals surface area contributed by atoms with Crippen molar-refractivity contribution >= 4 is 5.84 Å². The molecule has 0 aromatic heterocycles. The van der Waals surface area contributed by atoms with Crippen molar-refractivity contribution in [3.8, 4) is 0 Å². The van der Waals surface area contributed by atoms with Gasteiger partial charge in [-0.25, -0.2) is 0 Å². The number of aliphatic imine (C=N–C) groups is 1. The molecule has 0 bridgehead atoms. The highest BCUT2D eigenvalue weighted by Gasteiger charge is 2.10. The van der Waals surface area contributed by atoms with Gasteiger partial charge in [-0.05, 0) is 24.8 Å². The van der Waals surface area contributed by atoms with E-state index in [0.717, 1.165) is 24.8 Å². The van der Waals surface area contributed by atoms with E-state index in [4.69, 9.17) is 0 Å². The predicted molar refractivity (Wildman–Crippen MR) is 56.0 cm³/mol. The number of nitrogens with one attached hydrogen (secondary N) is 1. The van der Waals surface area contributed by atoms with Gasteiger partial charge in [-0.15, -0.1) is 0 Å². The Morgan fingerprint density at radius 1 is 1.23 bits per heavy atom. The molecule has 0 aromatic rings. The minimum Gasteiger partial charge on any atom is -0.369 e. The molecule has 1 N–H and O–H groups in total. The van der Waals surface area contributed by atoms with Gasteiger partial charge >= 0.3 is 0 Å². The minimum absolute atomic E-state index is 0.818. The Hall–Kier alpha value is -0.790. The number of nitrogens with zero attached hydrogens (tertiary/aromatic N) is 1. The van der Waals surface area contributed by atoms with Crippen LogP contribution in [0.1, 0.15) is 32.1 Å². The largest absolute Gasteiger partial charge is 0.369 e. The van der Waals surface area contributed by atoms with E-state index in [9.17, 15) is 0 Å². The summed E-state index contributed by atoms with van der Waals surface area (Å²) in [5.74, 6) is 1.91. The molecule has 2 nitrogen and oxygen atoms in total. The number of amidine groups is 1. The zero-order chi connectivity index (χ0) is 8.93. The lowest BCUT2D eigenvalue weighted by Crippen LogP contribution is -2.16. The Morgan fingerprint density at radius 3 is 2.77 bits per heavy atom. The van der Waals surface area contributed by atoms with E-state index in [2.05, 4.69) is 22.5 Å². The van der Waals surface area contributed by atoms with Crippen LogP contribution in [-0.4, -0.2) is 18.9 Å². The normalized spacial score (nSPS) is 24.8. The molecule has 0 radical (unpaired) electrons. The number of hydrogen-bond acceptors (Lipinski definition) is 2. The summed E-state index contributed by atoms with van der Waals surface area (Å²) < 4.78 is 0. The lowest BCUT2D eigenvalue weighted by atomic mass is 9.89. The molecule has 1 fully saturated rings. The minimum atomic E-state index is 0.818. The summed E-state index contributed by atoms with van der Waals surface area (Å²) in [6.45, 7) is 1.97. The van der Waals surface area contributed by atoms with Crippen LogP contribution in [-0.2, 0) is 0 Å². The van der Waals surface area contributed by atoms with Crippen LogP contribution < -0.4 is 5.32 Å². The molecule has 0 saturated heterocycles. The first kappa shape index (κ1) is 8.79. The fourth-order valence-corrected chi connectivity index (χ4v) is 2.08. The van der Waals surface area contributed by atoms with Crippen molar-refractivity contribution in [1.29, 1.82) is 0 Å². The highest BCUT2D eigenvalue weighted by molar-refractivity contribution is 5.93. The first-order chi connectivity index (χ1) is 6.45. The van der Waals surface area contributed by atoms with E-state index >= 15 is 0 Å². The topological polar surface area (TPSA) is 24.4 Å². The maximum atomic E-state index is 4.34. The van der Waals surface area contributed by atoms with Crippen LogP contribution in [0.3, 0.4) is 0 Å². The molecule has 13 heavy (non-hydrogen) atoms. The van der Waals surface area contributed by atoms with Crippen molar-refractivity contribution in [3.05, 3.63) is 12.2 Å². The average Bonchev–Trinajstić information content (AvgIpc) is 2.69. The molecule has 72 valence electrons. The van der Waals surface area contributed by atoms with Gasteiger partial charge in [0.25, 0.3) is 0 Å². The van der Waals surface area contributed by atoms with Crippen molar-refractivity contribution < 1.29 is 0 Å². The van der Waals surface area contributed by atoms with Crippen LogP contribution in [0, 0.1) is 5.92 Å². The maximum Gasteiger partial charge on any atom is 0.120 e. The lowest BCUT2D eigenvalue weighted by Gasteiger charge is -2.17.